The molecule has 0 spiro atoms. The Bertz CT molecular complexity index is 1320. The van der Waals surface area contributed by atoms with Gasteiger partial charge < -0.3 is 19.5 Å². The molecule has 182 valence electrons. The van der Waals surface area contributed by atoms with Gasteiger partial charge in [-0.05, 0) is 86.6 Å². The van der Waals surface area contributed by atoms with Crippen LogP contribution in [0.5, 0.6) is 17.2 Å². The number of hydrogen-bond acceptors (Lipinski definition) is 4. The molecule has 1 unspecified atom stereocenters. The first-order chi connectivity index (χ1) is 16.6. The van der Waals surface area contributed by atoms with E-state index in [1.165, 1.54) is 11.1 Å². The summed E-state index contributed by atoms with van der Waals surface area (Å²) in [7, 11) is 0. The molecular weight excluding hydrogens is 438 g/mol. The van der Waals surface area contributed by atoms with Gasteiger partial charge in [0.2, 0.25) is 6.79 Å². The van der Waals surface area contributed by atoms with Crippen molar-refractivity contribution in [2.24, 2.45) is 0 Å². The summed E-state index contributed by atoms with van der Waals surface area (Å²) in [5.74, 6) is 2.55. The lowest BCUT2D eigenvalue weighted by molar-refractivity contribution is 0.102. The van der Waals surface area contributed by atoms with E-state index in [1.54, 1.807) is 18.2 Å². The van der Waals surface area contributed by atoms with E-state index >= 15 is 0 Å². The summed E-state index contributed by atoms with van der Waals surface area (Å²) in [5.41, 5.74) is 7.76. The van der Waals surface area contributed by atoms with Crippen LogP contribution in [0.15, 0.2) is 42.5 Å². The largest absolute Gasteiger partial charge is 0.486 e. The van der Waals surface area contributed by atoms with Crippen LogP contribution in [0.2, 0.25) is 0 Å². The van der Waals surface area contributed by atoms with Gasteiger partial charge >= 0.3 is 0 Å². The third-order valence-electron chi connectivity index (χ3n) is 7.46. The van der Waals surface area contributed by atoms with Crippen LogP contribution >= 0.6 is 0 Å². The zero-order chi connectivity index (χ0) is 25.1. The summed E-state index contributed by atoms with van der Waals surface area (Å²) in [6, 6.07) is 14.1. The van der Waals surface area contributed by atoms with Crippen molar-refractivity contribution in [2.75, 3.05) is 12.1 Å². The van der Waals surface area contributed by atoms with Crippen molar-refractivity contribution >= 4 is 11.6 Å². The SMILES string of the molecule is Cc1c(C)c2c(c(C)c1NC(=O)c1ccc3c(c1)OCO3)C(c1ccc(C(C)C)cc1)C(C)(C)O2. The van der Waals surface area contributed by atoms with Crippen LogP contribution in [0.4, 0.5) is 5.69 Å². The van der Waals surface area contributed by atoms with E-state index in [-0.39, 0.29) is 18.6 Å². The van der Waals surface area contributed by atoms with Gasteiger partial charge in [0.25, 0.3) is 5.91 Å². The highest BCUT2D eigenvalue weighted by Crippen LogP contribution is 2.53. The zero-order valence-electron chi connectivity index (χ0n) is 21.5. The molecule has 35 heavy (non-hydrogen) atoms. The molecule has 0 fully saturated rings. The molecule has 0 bridgehead atoms. The molecule has 3 aromatic carbocycles. The number of fused-ring (bicyclic) bond motifs is 2. The second-order valence-electron chi connectivity index (χ2n) is 10.5. The maximum atomic E-state index is 13.3. The van der Waals surface area contributed by atoms with Crippen LogP contribution in [0.1, 0.15) is 83.3 Å². The standard InChI is InChI=1S/C30H33NO4/c1-16(2)20-8-10-21(11-9-20)26-25-19(5)27(17(3)18(4)28(25)35-30(26,6)7)31-29(32)22-12-13-23-24(14-22)34-15-33-23/h8-14,16,26H,15H2,1-7H3,(H,31,32). The minimum absolute atomic E-state index is 0.0548. The van der Waals surface area contributed by atoms with Crippen molar-refractivity contribution < 1.29 is 19.0 Å². The molecule has 0 aromatic heterocycles. The van der Waals surface area contributed by atoms with Gasteiger partial charge in [0.1, 0.15) is 11.4 Å². The van der Waals surface area contributed by atoms with E-state index in [1.807, 2.05) is 6.92 Å². The topological polar surface area (TPSA) is 56.8 Å². The van der Waals surface area contributed by atoms with Crippen molar-refractivity contribution in [3.05, 3.63) is 81.4 Å². The highest BCUT2D eigenvalue weighted by Gasteiger charge is 2.45. The van der Waals surface area contributed by atoms with Crippen LogP contribution in [-0.4, -0.2) is 18.3 Å². The Morgan fingerprint density at radius 2 is 1.63 bits per heavy atom. The third kappa shape index (κ3) is 3.83. The number of amides is 1. The number of benzene rings is 3. The lowest BCUT2D eigenvalue weighted by Gasteiger charge is -2.27. The summed E-state index contributed by atoms with van der Waals surface area (Å²) < 4.78 is 17.4. The average Bonchev–Trinajstić information content (AvgIpc) is 3.41. The van der Waals surface area contributed by atoms with Crippen LogP contribution in [0, 0.1) is 20.8 Å². The Morgan fingerprint density at radius 3 is 2.31 bits per heavy atom. The quantitative estimate of drug-likeness (QED) is 0.444. The van der Waals surface area contributed by atoms with E-state index in [4.69, 9.17) is 14.2 Å². The van der Waals surface area contributed by atoms with Crippen LogP contribution in [-0.2, 0) is 0 Å². The molecule has 0 saturated carbocycles. The fourth-order valence-electron chi connectivity index (χ4n) is 5.35. The normalized spacial score (nSPS) is 17.3. The Morgan fingerprint density at radius 1 is 0.943 bits per heavy atom. The van der Waals surface area contributed by atoms with E-state index in [0.29, 0.717) is 23.0 Å². The molecule has 3 aromatic rings. The van der Waals surface area contributed by atoms with Gasteiger partial charge in [0.15, 0.2) is 11.5 Å². The molecule has 1 N–H and O–H groups in total. The van der Waals surface area contributed by atoms with Gasteiger partial charge in [0, 0.05) is 16.8 Å². The number of ether oxygens (including phenoxy) is 3. The number of nitrogens with one attached hydrogen (secondary N) is 1. The maximum Gasteiger partial charge on any atom is 0.255 e. The Kier molecular flexibility index (Phi) is 5.54. The van der Waals surface area contributed by atoms with Gasteiger partial charge in [-0.25, -0.2) is 0 Å². The van der Waals surface area contributed by atoms with E-state index in [2.05, 4.69) is 71.1 Å². The lowest BCUT2D eigenvalue weighted by Crippen LogP contribution is -2.31. The van der Waals surface area contributed by atoms with E-state index in [0.717, 1.165) is 33.7 Å². The summed E-state index contributed by atoms with van der Waals surface area (Å²) >= 11 is 0. The fraction of sp³-hybridized carbons (Fsp3) is 0.367. The van der Waals surface area contributed by atoms with Crippen LogP contribution in [0.3, 0.4) is 0 Å². The summed E-state index contributed by atoms with van der Waals surface area (Å²) in [6.07, 6.45) is 0. The van der Waals surface area contributed by atoms with Gasteiger partial charge in [0.05, 0.1) is 5.92 Å². The van der Waals surface area contributed by atoms with Crippen molar-refractivity contribution in [3.63, 3.8) is 0 Å². The third-order valence-corrected chi connectivity index (χ3v) is 7.46. The number of hydrogen-bond donors (Lipinski definition) is 1. The van der Waals surface area contributed by atoms with Crippen molar-refractivity contribution in [3.8, 4) is 17.2 Å². The molecule has 0 radical (unpaired) electrons. The zero-order valence-corrected chi connectivity index (χ0v) is 21.5. The maximum absolute atomic E-state index is 13.3. The predicted octanol–water partition coefficient (Wildman–Crippen LogP) is 7.02. The Balaban J connectivity index is 1.56. The van der Waals surface area contributed by atoms with Crippen molar-refractivity contribution in [1.29, 1.82) is 0 Å². The van der Waals surface area contributed by atoms with Gasteiger partial charge in [-0.1, -0.05) is 38.1 Å². The van der Waals surface area contributed by atoms with E-state index < -0.39 is 5.60 Å². The smallest absolute Gasteiger partial charge is 0.255 e. The molecule has 1 amide bonds. The molecule has 0 aliphatic carbocycles. The molecule has 2 aliphatic heterocycles. The Labute approximate surface area is 207 Å². The molecular formula is C30H33NO4. The van der Waals surface area contributed by atoms with Crippen molar-refractivity contribution in [2.45, 2.75) is 65.9 Å². The minimum Gasteiger partial charge on any atom is -0.486 e. The van der Waals surface area contributed by atoms with Gasteiger partial charge in [-0.15, -0.1) is 0 Å². The second kappa shape index (κ2) is 8.33. The van der Waals surface area contributed by atoms with E-state index in [9.17, 15) is 4.79 Å². The Hall–Kier alpha value is -3.47. The predicted molar refractivity (Wildman–Crippen MR) is 138 cm³/mol. The molecule has 0 saturated heterocycles. The van der Waals surface area contributed by atoms with Crippen LogP contribution in [0.25, 0.3) is 0 Å². The molecule has 1 atom stereocenters. The molecule has 5 heteroatoms. The van der Waals surface area contributed by atoms with Gasteiger partial charge in [-0.2, -0.15) is 0 Å². The number of anilines is 1. The minimum atomic E-state index is -0.413. The summed E-state index contributed by atoms with van der Waals surface area (Å²) in [4.78, 5) is 13.3. The number of carbonyl (C=O) groups excluding carboxylic acids is 1. The number of rotatable bonds is 4. The summed E-state index contributed by atoms with van der Waals surface area (Å²) in [5, 5.41) is 3.19. The second-order valence-corrected chi connectivity index (χ2v) is 10.5. The molecule has 5 rings (SSSR count). The first-order valence-corrected chi connectivity index (χ1v) is 12.2. The molecule has 2 aliphatic rings. The average molecular weight is 472 g/mol. The first kappa shape index (κ1) is 23.3. The monoisotopic (exact) mass is 471 g/mol. The number of carbonyl (C=O) groups is 1. The molecule has 5 nitrogen and oxygen atoms in total. The van der Waals surface area contributed by atoms with Crippen LogP contribution < -0.4 is 19.5 Å². The van der Waals surface area contributed by atoms with Gasteiger partial charge in [-0.3, -0.25) is 4.79 Å². The van der Waals surface area contributed by atoms with Crippen molar-refractivity contribution in [1.82, 2.24) is 0 Å². The fourth-order valence-corrected chi connectivity index (χ4v) is 5.35. The lowest BCUT2D eigenvalue weighted by atomic mass is 9.78. The highest BCUT2D eigenvalue weighted by atomic mass is 16.7. The highest BCUT2D eigenvalue weighted by molar-refractivity contribution is 6.06. The first-order valence-electron chi connectivity index (χ1n) is 12.2. The molecule has 2 heterocycles. The summed E-state index contributed by atoms with van der Waals surface area (Å²) in [6.45, 7) is 15.1.